The molecule has 0 aliphatic rings. The topological polar surface area (TPSA) is 47.9 Å². The van der Waals surface area contributed by atoms with Gasteiger partial charge in [-0.15, -0.1) is 0 Å². The molecule has 0 aliphatic heterocycles. The lowest BCUT2D eigenvalue weighted by molar-refractivity contribution is 0.414. The van der Waals surface area contributed by atoms with Gasteiger partial charge in [-0.25, -0.2) is 0 Å². The van der Waals surface area contributed by atoms with Crippen molar-refractivity contribution in [3.63, 3.8) is 0 Å². The molecule has 0 aromatic heterocycles. The van der Waals surface area contributed by atoms with E-state index in [-0.39, 0.29) is 5.75 Å². The third kappa shape index (κ3) is 6.55. The Labute approximate surface area is 201 Å². The molecule has 0 radical (unpaired) electrons. The number of ether oxygens (including phenoxy) is 3. The van der Waals surface area contributed by atoms with E-state index in [1.165, 1.54) is 16.7 Å². The predicted octanol–water partition coefficient (Wildman–Crippen LogP) is 6.77. The largest absolute Gasteiger partial charge is 0.508 e. The molecule has 0 saturated carbocycles. The molecule has 4 heteroatoms. The zero-order valence-corrected chi connectivity index (χ0v) is 19.7. The summed E-state index contributed by atoms with van der Waals surface area (Å²) in [4.78, 5) is 0. The van der Waals surface area contributed by atoms with E-state index >= 15 is 0 Å². The minimum Gasteiger partial charge on any atom is -0.508 e. The highest BCUT2D eigenvalue weighted by molar-refractivity contribution is 5.42. The molecule has 0 amide bonds. The molecular weight excluding hydrogens is 424 g/mol. The first kappa shape index (κ1) is 23.2. The highest BCUT2D eigenvalue weighted by Gasteiger charge is 2.06. The van der Waals surface area contributed by atoms with Crippen molar-refractivity contribution in [1.29, 1.82) is 0 Å². The zero-order chi connectivity index (χ0) is 23.8. The van der Waals surface area contributed by atoms with Crippen LogP contribution in [0.15, 0.2) is 91.0 Å². The highest BCUT2D eigenvalue weighted by Crippen LogP contribution is 2.28. The van der Waals surface area contributed by atoms with Crippen LogP contribution in [0, 0.1) is 0 Å². The SMILES string of the molecule is COc1ccc(CCc2cc(O)cc(Oc3cccc(CCc4cccc(OC)c4)c3)c2)cc1. The summed E-state index contributed by atoms with van der Waals surface area (Å²) >= 11 is 0. The summed E-state index contributed by atoms with van der Waals surface area (Å²) in [5, 5.41) is 10.2. The predicted molar refractivity (Wildman–Crippen MR) is 135 cm³/mol. The Morgan fingerprint density at radius 3 is 1.74 bits per heavy atom. The summed E-state index contributed by atoms with van der Waals surface area (Å²) in [6.45, 7) is 0. The molecule has 1 N–H and O–H groups in total. The molecule has 0 atom stereocenters. The minimum absolute atomic E-state index is 0.205. The van der Waals surface area contributed by atoms with E-state index in [1.54, 1.807) is 26.4 Å². The lowest BCUT2D eigenvalue weighted by Gasteiger charge is -2.11. The van der Waals surface area contributed by atoms with Gasteiger partial charge >= 0.3 is 0 Å². The van der Waals surface area contributed by atoms with E-state index in [1.807, 2.05) is 42.5 Å². The Bertz CT molecular complexity index is 1210. The first-order valence-electron chi connectivity index (χ1n) is 11.5. The second-order valence-corrected chi connectivity index (χ2v) is 8.28. The minimum atomic E-state index is 0.205. The number of benzene rings is 4. The quantitative estimate of drug-likeness (QED) is 0.287. The van der Waals surface area contributed by atoms with Gasteiger partial charge in [-0.2, -0.15) is 0 Å². The lowest BCUT2D eigenvalue weighted by atomic mass is 10.0. The van der Waals surface area contributed by atoms with E-state index in [0.717, 1.165) is 48.5 Å². The number of rotatable bonds is 10. The van der Waals surface area contributed by atoms with Crippen LogP contribution in [0.4, 0.5) is 0 Å². The summed E-state index contributed by atoms with van der Waals surface area (Å²) < 4.78 is 16.7. The summed E-state index contributed by atoms with van der Waals surface area (Å²) in [5.74, 6) is 3.32. The first-order valence-corrected chi connectivity index (χ1v) is 11.5. The fraction of sp³-hybridized carbons (Fsp3) is 0.200. The van der Waals surface area contributed by atoms with E-state index in [4.69, 9.17) is 14.2 Å². The normalized spacial score (nSPS) is 10.6. The number of aromatic hydroxyl groups is 1. The monoisotopic (exact) mass is 454 g/mol. The fourth-order valence-corrected chi connectivity index (χ4v) is 3.94. The van der Waals surface area contributed by atoms with Crippen LogP contribution in [0.5, 0.6) is 28.7 Å². The highest BCUT2D eigenvalue weighted by atomic mass is 16.5. The van der Waals surface area contributed by atoms with Crippen molar-refractivity contribution in [2.75, 3.05) is 14.2 Å². The van der Waals surface area contributed by atoms with Crippen molar-refractivity contribution in [2.24, 2.45) is 0 Å². The number of aryl methyl sites for hydroxylation is 4. The van der Waals surface area contributed by atoms with Gasteiger partial charge in [0.05, 0.1) is 14.2 Å². The molecule has 0 heterocycles. The van der Waals surface area contributed by atoms with Crippen molar-refractivity contribution >= 4 is 0 Å². The van der Waals surface area contributed by atoms with Gasteiger partial charge in [0.2, 0.25) is 0 Å². The van der Waals surface area contributed by atoms with Gasteiger partial charge in [-0.1, -0.05) is 36.4 Å². The Morgan fingerprint density at radius 1 is 0.500 bits per heavy atom. The molecule has 0 bridgehead atoms. The molecule has 0 saturated heterocycles. The van der Waals surface area contributed by atoms with Gasteiger partial charge in [0, 0.05) is 6.07 Å². The van der Waals surface area contributed by atoms with Gasteiger partial charge in [0.15, 0.2) is 0 Å². The van der Waals surface area contributed by atoms with Crippen molar-refractivity contribution < 1.29 is 19.3 Å². The second-order valence-electron chi connectivity index (χ2n) is 8.28. The maximum atomic E-state index is 10.2. The molecule has 4 aromatic rings. The number of methoxy groups -OCH3 is 2. The maximum absolute atomic E-state index is 10.2. The van der Waals surface area contributed by atoms with Gasteiger partial charge in [-0.05, 0) is 96.5 Å². The fourth-order valence-electron chi connectivity index (χ4n) is 3.94. The number of hydrogen-bond acceptors (Lipinski definition) is 4. The molecule has 4 nitrogen and oxygen atoms in total. The molecule has 0 aliphatic carbocycles. The lowest BCUT2D eigenvalue weighted by Crippen LogP contribution is -1.95. The Balaban J connectivity index is 1.39. The number of phenolic OH excluding ortho intramolecular Hbond substituents is 1. The van der Waals surface area contributed by atoms with Crippen LogP contribution in [0.2, 0.25) is 0 Å². The first-order chi connectivity index (χ1) is 16.6. The van der Waals surface area contributed by atoms with Crippen LogP contribution >= 0.6 is 0 Å². The summed E-state index contributed by atoms with van der Waals surface area (Å²) in [5.41, 5.74) is 4.68. The van der Waals surface area contributed by atoms with Crippen LogP contribution in [0.25, 0.3) is 0 Å². The van der Waals surface area contributed by atoms with Gasteiger partial charge in [-0.3, -0.25) is 0 Å². The van der Waals surface area contributed by atoms with E-state index < -0.39 is 0 Å². The van der Waals surface area contributed by atoms with Crippen molar-refractivity contribution in [3.05, 3.63) is 113 Å². The number of hydrogen-bond donors (Lipinski definition) is 1. The van der Waals surface area contributed by atoms with E-state index in [2.05, 4.69) is 36.4 Å². The molecule has 174 valence electrons. The van der Waals surface area contributed by atoms with Crippen LogP contribution in [0.3, 0.4) is 0 Å². The standard InChI is InChI=1S/C30H30O4/c1-32-27-15-13-22(14-16-27)9-12-25-17-26(31)21-30(20-25)34-29-8-4-6-24(19-29)11-10-23-5-3-7-28(18-23)33-2/h3-8,13-21,31H,9-12H2,1-2H3. The van der Waals surface area contributed by atoms with Crippen LogP contribution in [-0.4, -0.2) is 19.3 Å². The Hall–Kier alpha value is -3.92. The van der Waals surface area contributed by atoms with Gasteiger partial charge in [0.25, 0.3) is 0 Å². The van der Waals surface area contributed by atoms with E-state index in [0.29, 0.717) is 5.75 Å². The van der Waals surface area contributed by atoms with Crippen LogP contribution < -0.4 is 14.2 Å². The molecule has 4 aromatic carbocycles. The number of phenols is 1. The molecule has 0 unspecified atom stereocenters. The van der Waals surface area contributed by atoms with Crippen molar-refractivity contribution in [2.45, 2.75) is 25.7 Å². The van der Waals surface area contributed by atoms with Gasteiger partial charge in [0.1, 0.15) is 28.7 Å². The van der Waals surface area contributed by atoms with Crippen LogP contribution in [-0.2, 0) is 25.7 Å². The third-order valence-electron chi connectivity index (χ3n) is 5.78. The summed E-state index contributed by atoms with van der Waals surface area (Å²) in [6.07, 6.45) is 3.49. The summed E-state index contributed by atoms with van der Waals surface area (Å²) in [6, 6.07) is 29.8. The molecule has 0 fully saturated rings. The molecular formula is C30H30O4. The average molecular weight is 455 g/mol. The Kier molecular flexibility index (Phi) is 7.71. The second kappa shape index (κ2) is 11.3. The molecule has 34 heavy (non-hydrogen) atoms. The third-order valence-corrected chi connectivity index (χ3v) is 5.78. The maximum Gasteiger partial charge on any atom is 0.131 e. The molecule has 0 spiro atoms. The average Bonchev–Trinajstić information content (AvgIpc) is 2.86. The zero-order valence-electron chi connectivity index (χ0n) is 19.7. The molecule has 4 rings (SSSR count). The smallest absolute Gasteiger partial charge is 0.131 e. The van der Waals surface area contributed by atoms with Crippen molar-refractivity contribution in [1.82, 2.24) is 0 Å². The van der Waals surface area contributed by atoms with Crippen molar-refractivity contribution in [3.8, 4) is 28.7 Å². The summed E-state index contributed by atoms with van der Waals surface area (Å²) in [7, 11) is 3.35. The van der Waals surface area contributed by atoms with Gasteiger partial charge < -0.3 is 19.3 Å². The Morgan fingerprint density at radius 2 is 1.06 bits per heavy atom. The van der Waals surface area contributed by atoms with Crippen LogP contribution in [0.1, 0.15) is 22.3 Å². The van der Waals surface area contributed by atoms with E-state index in [9.17, 15) is 5.11 Å².